The molecule has 0 fully saturated rings. The van der Waals surface area contributed by atoms with Crippen molar-refractivity contribution >= 4 is 11.4 Å². The highest BCUT2D eigenvalue weighted by molar-refractivity contribution is 5.67. The zero-order valence-corrected chi connectivity index (χ0v) is 8.89. The summed E-state index contributed by atoms with van der Waals surface area (Å²) >= 11 is 0. The summed E-state index contributed by atoms with van der Waals surface area (Å²) in [5.41, 5.74) is 4.95. The van der Waals surface area contributed by atoms with Crippen LogP contribution in [0.1, 0.15) is 25.0 Å². The summed E-state index contributed by atoms with van der Waals surface area (Å²) in [5, 5.41) is 27.6. The number of nitriles is 2. The van der Waals surface area contributed by atoms with Gasteiger partial charge in [0.05, 0.1) is 21.7 Å². The molecular weight excluding hydrogens is 208 g/mol. The third-order valence-corrected chi connectivity index (χ3v) is 1.62. The second-order valence-electron chi connectivity index (χ2n) is 2.44. The molecule has 0 atom stereocenters. The Labute approximate surface area is 92.7 Å². The molecule has 1 aromatic carbocycles. The maximum atomic E-state index is 10.4. The normalized spacial score (nSPS) is 8.00. The van der Waals surface area contributed by atoms with E-state index >= 15 is 0 Å². The number of rotatable bonds is 1. The first kappa shape index (κ1) is 13.4. The predicted octanol–water partition coefficient (Wildman–Crippen LogP) is 1.95. The van der Waals surface area contributed by atoms with E-state index in [1.165, 1.54) is 0 Å². The zero-order chi connectivity index (χ0) is 12.7. The molecule has 0 saturated heterocycles. The number of nitro benzene ring substituents is 1. The molecule has 0 radical (unpaired) electrons. The fraction of sp³-hybridized carbons (Fsp3) is 0.200. The maximum absolute atomic E-state index is 10.4. The third-order valence-electron chi connectivity index (χ3n) is 1.62. The molecule has 1 aromatic rings. The Morgan fingerprint density at radius 1 is 1.25 bits per heavy atom. The molecule has 0 aliphatic rings. The van der Waals surface area contributed by atoms with E-state index in [4.69, 9.17) is 16.3 Å². The molecule has 0 aliphatic heterocycles. The Hall–Kier alpha value is -2.60. The summed E-state index contributed by atoms with van der Waals surface area (Å²) in [6.45, 7) is 4.00. The molecule has 0 saturated carbocycles. The number of nitrogen functional groups attached to an aromatic ring is 1. The molecule has 16 heavy (non-hydrogen) atoms. The van der Waals surface area contributed by atoms with E-state index in [2.05, 4.69) is 0 Å². The van der Waals surface area contributed by atoms with Gasteiger partial charge in [0.2, 0.25) is 0 Å². The Balaban J connectivity index is 0.00000106. The Kier molecular flexibility index (Phi) is 5.02. The predicted molar refractivity (Wildman–Crippen MR) is 58.3 cm³/mol. The van der Waals surface area contributed by atoms with Gasteiger partial charge in [-0.25, -0.2) is 0 Å². The number of benzene rings is 1. The van der Waals surface area contributed by atoms with Crippen molar-refractivity contribution in [1.29, 1.82) is 10.5 Å². The molecule has 0 aromatic heterocycles. The van der Waals surface area contributed by atoms with E-state index in [0.717, 1.165) is 12.1 Å². The van der Waals surface area contributed by atoms with Crippen molar-refractivity contribution in [2.75, 3.05) is 5.73 Å². The van der Waals surface area contributed by atoms with Crippen LogP contribution in [0, 0.1) is 32.8 Å². The topological polar surface area (TPSA) is 117 Å². The van der Waals surface area contributed by atoms with E-state index in [0.29, 0.717) is 0 Å². The highest BCUT2D eigenvalue weighted by atomic mass is 16.6. The largest absolute Gasteiger partial charge is 0.397 e. The van der Waals surface area contributed by atoms with Gasteiger partial charge in [0.25, 0.3) is 5.69 Å². The van der Waals surface area contributed by atoms with Crippen molar-refractivity contribution < 1.29 is 4.92 Å². The van der Waals surface area contributed by atoms with Crippen molar-refractivity contribution in [1.82, 2.24) is 0 Å². The molecule has 1 rings (SSSR count). The van der Waals surface area contributed by atoms with Crippen LogP contribution in [-0.4, -0.2) is 4.92 Å². The highest BCUT2D eigenvalue weighted by Crippen LogP contribution is 2.23. The summed E-state index contributed by atoms with van der Waals surface area (Å²) in [7, 11) is 0. The van der Waals surface area contributed by atoms with Gasteiger partial charge in [0.15, 0.2) is 0 Å². The molecule has 0 heterocycles. The van der Waals surface area contributed by atoms with Gasteiger partial charge in [-0.05, 0) is 0 Å². The monoisotopic (exact) mass is 218 g/mol. The number of nitro groups is 1. The molecule has 0 amide bonds. The molecule has 6 heteroatoms. The van der Waals surface area contributed by atoms with Crippen molar-refractivity contribution in [3.63, 3.8) is 0 Å². The lowest BCUT2D eigenvalue weighted by molar-refractivity contribution is -0.384. The minimum atomic E-state index is -0.679. The number of nitrogens with two attached hydrogens (primary N) is 1. The third kappa shape index (κ3) is 2.69. The number of non-ortho nitro benzene ring substituents is 1. The molecule has 0 unspecified atom stereocenters. The van der Waals surface area contributed by atoms with E-state index in [1.54, 1.807) is 12.1 Å². The molecule has 0 spiro atoms. The quantitative estimate of drug-likeness (QED) is 0.439. The van der Waals surface area contributed by atoms with Crippen molar-refractivity contribution in [2.45, 2.75) is 13.8 Å². The smallest absolute Gasteiger partial charge is 0.272 e. The minimum absolute atomic E-state index is 0.0272. The van der Waals surface area contributed by atoms with Crippen LogP contribution in [0.15, 0.2) is 12.1 Å². The van der Waals surface area contributed by atoms with Crippen LogP contribution in [-0.2, 0) is 0 Å². The molecule has 2 N–H and O–H groups in total. The van der Waals surface area contributed by atoms with Gasteiger partial charge in [-0.3, -0.25) is 10.1 Å². The number of hydrogen-bond acceptors (Lipinski definition) is 5. The zero-order valence-electron chi connectivity index (χ0n) is 8.89. The number of anilines is 1. The van der Waals surface area contributed by atoms with E-state index in [1.807, 2.05) is 13.8 Å². The second-order valence-corrected chi connectivity index (χ2v) is 2.44. The van der Waals surface area contributed by atoms with Crippen LogP contribution in [0.3, 0.4) is 0 Å². The number of nitrogens with zero attached hydrogens (tertiary/aromatic N) is 3. The Morgan fingerprint density at radius 2 is 1.62 bits per heavy atom. The van der Waals surface area contributed by atoms with Crippen LogP contribution >= 0.6 is 0 Å². The van der Waals surface area contributed by atoms with E-state index in [-0.39, 0.29) is 22.5 Å². The second kappa shape index (κ2) is 5.99. The molecule has 6 nitrogen and oxygen atoms in total. The van der Waals surface area contributed by atoms with Gasteiger partial charge in [0.1, 0.15) is 12.1 Å². The fourth-order valence-electron chi connectivity index (χ4n) is 0.928. The van der Waals surface area contributed by atoms with Gasteiger partial charge in [0, 0.05) is 12.1 Å². The van der Waals surface area contributed by atoms with Crippen molar-refractivity contribution in [3.8, 4) is 12.1 Å². The summed E-state index contributed by atoms with van der Waals surface area (Å²) in [6.07, 6.45) is 0. The van der Waals surface area contributed by atoms with E-state index < -0.39 is 4.92 Å². The first-order valence-electron chi connectivity index (χ1n) is 4.48. The summed E-state index contributed by atoms with van der Waals surface area (Å²) < 4.78 is 0. The lowest BCUT2D eigenvalue weighted by Gasteiger charge is -1.99. The van der Waals surface area contributed by atoms with Gasteiger partial charge in [-0.2, -0.15) is 10.5 Å². The molecule has 82 valence electrons. The van der Waals surface area contributed by atoms with Crippen LogP contribution < -0.4 is 5.73 Å². The van der Waals surface area contributed by atoms with Crippen molar-refractivity contribution in [3.05, 3.63) is 33.4 Å². The SMILES string of the molecule is CC.N#Cc1cc([N+](=O)[O-])cc(C#N)c1N. The van der Waals surface area contributed by atoms with Gasteiger partial charge >= 0.3 is 0 Å². The lowest BCUT2D eigenvalue weighted by atomic mass is 10.1. The minimum Gasteiger partial charge on any atom is -0.397 e. The van der Waals surface area contributed by atoms with Crippen LogP contribution in [0.2, 0.25) is 0 Å². The Bertz CT molecular complexity index is 448. The summed E-state index contributed by atoms with van der Waals surface area (Å²) in [5.74, 6) is 0. The average Bonchev–Trinajstić information content (AvgIpc) is 2.31. The summed E-state index contributed by atoms with van der Waals surface area (Å²) in [6, 6.07) is 5.45. The van der Waals surface area contributed by atoms with Crippen LogP contribution in [0.4, 0.5) is 11.4 Å². The molecule has 0 aliphatic carbocycles. The fourth-order valence-corrected chi connectivity index (χ4v) is 0.928. The number of hydrogen-bond donors (Lipinski definition) is 1. The standard InChI is InChI=1S/C8H4N4O2.C2H6/c9-3-5-1-7(12(13)14)2-6(4-10)8(5)11;1-2/h1-2H,11H2;1-2H3. The molecule has 0 bridgehead atoms. The van der Waals surface area contributed by atoms with E-state index in [9.17, 15) is 10.1 Å². The first-order valence-corrected chi connectivity index (χ1v) is 4.48. The maximum Gasteiger partial charge on any atom is 0.272 e. The van der Waals surface area contributed by atoms with Gasteiger partial charge < -0.3 is 5.73 Å². The van der Waals surface area contributed by atoms with Gasteiger partial charge in [-0.1, -0.05) is 13.8 Å². The lowest BCUT2D eigenvalue weighted by Crippen LogP contribution is -1.97. The van der Waals surface area contributed by atoms with Crippen LogP contribution in [0.5, 0.6) is 0 Å². The van der Waals surface area contributed by atoms with Gasteiger partial charge in [-0.15, -0.1) is 0 Å². The first-order chi connectivity index (χ1) is 7.60. The van der Waals surface area contributed by atoms with Crippen LogP contribution in [0.25, 0.3) is 0 Å². The summed E-state index contributed by atoms with van der Waals surface area (Å²) in [4.78, 5) is 9.72. The molecular formula is C10H10N4O2. The average molecular weight is 218 g/mol. The highest BCUT2D eigenvalue weighted by Gasteiger charge is 2.13. The Morgan fingerprint density at radius 3 is 1.88 bits per heavy atom. The van der Waals surface area contributed by atoms with Crippen molar-refractivity contribution in [2.24, 2.45) is 0 Å².